The molecule has 0 aromatic heterocycles. The van der Waals surface area contributed by atoms with E-state index < -0.39 is 5.97 Å². The second kappa shape index (κ2) is 5.76. The van der Waals surface area contributed by atoms with Gasteiger partial charge < -0.3 is 9.47 Å². The van der Waals surface area contributed by atoms with Crippen molar-refractivity contribution < 1.29 is 14.3 Å². The van der Waals surface area contributed by atoms with Gasteiger partial charge in [0.2, 0.25) is 0 Å². The SMILES string of the molecule is O=C(OCC1CCCO1)c1cc(S)ccc1Cl. The number of esters is 1. The Labute approximate surface area is 110 Å². The molecule has 1 aromatic carbocycles. The van der Waals surface area contributed by atoms with Gasteiger partial charge in [-0.15, -0.1) is 12.6 Å². The molecule has 1 unspecified atom stereocenters. The molecule has 1 fully saturated rings. The van der Waals surface area contributed by atoms with Gasteiger partial charge in [-0.3, -0.25) is 0 Å². The minimum atomic E-state index is -0.429. The highest BCUT2D eigenvalue weighted by molar-refractivity contribution is 7.80. The lowest BCUT2D eigenvalue weighted by atomic mass is 10.2. The quantitative estimate of drug-likeness (QED) is 0.679. The molecule has 5 heteroatoms. The number of halogens is 1. The minimum Gasteiger partial charge on any atom is -0.459 e. The summed E-state index contributed by atoms with van der Waals surface area (Å²) in [4.78, 5) is 12.5. The molecule has 0 radical (unpaired) electrons. The molecule has 0 N–H and O–H groups in total. The first-order valence-electron chi connectivity index (χ1n) is 5.44. The maximum absolute atomic E-state index is 11.8. The van der Waals surface area contributed by atoms with Crippen LogP contribution in [-0.2, 0) is 9.47 Å². The zero-order chi connectivity index (χ0) is 12.3. The number of benzene rings is 1. The van der Waals surface area contributed by atoms with E-state index in [0.29, 0.717) is 15.5 Å². The van der Waals surface area contributed by atoms with Crippen LogP contribution in [-0.4, -0.2) is 25.3 Å². The molecule has 0 bridgehead atoms. The highest BCUT2D eigenvalue weighted by Crippen LogP contribution is 2.21. The zero-order valence-electron chi connectivity index (χ0n) is 9.19. The number of hydrogen-bond acceptors (Lipinski definition) is 4. The van der Waals surface area contributed by atoms with Crippen LogP contribution >= 0.6 is 24.2 Å². The number of hydrogen-bond donors (Lipinski definition) is 1. The molecule has 0 aliphatic carbocycles. The fraction of sp³-hybridized carbons (Fsp3) is 0.417. The Hall–Kier alpha value is -0.710. The van der Waals surface area contributed by atoms with Gasteiger partial charge in [-0.25, -0.2) is 4.79 Å². The number of carbonyl (C=O) groups excluding carboxylic acids is 1. The fourth-order valence-electron chi connectivity index (χ4n) is 1.69. The topological polar surface area (TPSA) is 35.5 Å². The average Bonchev–Trinajstić information content (AvgIpc) is 2.82. The lowest BCUT2D eigenvalue weighted by molar-refractivity contribution is 0.0161. The maximum atomic E-state index is 11.8. The van der Waals surface area contributed by atoms with Gasteiger partial charge in [-0.05, 0) is 31.0 Å². The highest BCUT2D eigenvalue weighted by Gasteiger charge is 2.19. The van der Waals surface area contributed by atoms with E-state index in [2.05, 4.69) is 12.6 Å². The van der Waals surface area contributed by atoms with E-state index in [-0.39, 0.29) is 12.7 Å². The molecule has 1 heterocycles. The molecule has 0 spiro atoms. The predicted octanol–water partition coefficient (Wildman–Crippen LogP) is 2.96. The third-order valence-electron chi connectivity index (χ3n) is 2.59. The van der Waals surface area contributed by atoms with E-state index in [1.165, 1.54) is 0 Å². The molecule has 3 nitrogen and oxygen atoms in total. The van der Waals surface area contributed by atoms with E-state index in [1.807, 2.05) is 0 Å². The van der Waals surface area contributed by atoms with Crippen LogP contribution in [0.5, 0.6) is 0 Å². The maximum Gasteiger partial charge on any atom is 0.339 e. The highest BCUT2D eigenvalue weighted by atomic mass is 35.5. The Balaban J connectivity index is 1.96. The Morgan fingerprint density at radius 1 is 1.59 bits per heavy atom. The Bertz CT molecular complexity index is 416. The molecule has 17 heavy (non-hydrogen) atoms. The van der Waals surface area contributed by atoms with E-state index in [4.69, 9.17) is 21.1 Å². The van der Waals surface area contributed by atoms with Crippen molar-refractivity contribution in [2.75, 3.05) is 13.2 Å². The van der Waals surface area contributed by atoms with Crippen molar-refractivity contribution in [1.82, 2.24) is 0 Å². The fourth-order valence-corrected chi connectivity index (χ4v) is 2.09. The lowest BCUT2D eigenvalue weighted by Crippen LogP contribution is -2.18. The van der Waals surface area contributed by atoms with Crippen LogP contribution < -0.4 is 0 Å². The van der Waals surface area contributed by atoms with Gasteiger partial charge in [0.05, 0.1) is 16.7 Å². The van der Waals surface area contributed by atoms with Crippen LogP contribution in [0.4, 0.5) is 0 Å². The van der Waals surface area contributed by atoms with Crippen molar-refractivity contribution in [3.8, 4) is 0 Å². The van der Waals surface area contributed by atoms with Crippen LogP contribution in [0, 0.1) is 0 Å². The van der Waals surface area contributed by atoms with E-state index in [0.717, 1.165) is 19.4 Å². The van der Waals surface area contributed by atoms with E-state index >= 15 is 0 Å². The number of ether oxygens (including phenoxy) is 2. The molecule has 0 saturated carbocycles. The summed E-state index contributed by atoms with van der Waals surface area (Å²) in [6.45, 7) is 1.03. The third kappa shape index (κ3) is 3.37. The lowest BCUT2D eigenvalue weighted by Gasteiger charge is -2.11. The zero-order valence-corrected chi connectivity index (χ0v) is 10.8. The molecular formula is C12H13ClO3S. The smallest absolute Gasteiger partial charge is 0.339 e. The van der Waals surface area contributed by atoms with Gasteiger partial charge >= 0.3 is 5.97 Å². The standard InChI is InChI=1S/C12H13ClO3S/c13-11-4-3-9(17)6-10(11)12(14)16-7-8-2-1-5-15-8/h3-4,6,8,17H,1-2,5,7H2. The predicted molar refractivity (Wildman–Crippen MR) is 68.0 cm³/mol. The van der Waals surface area contributed by atoms with Crippen molar-refractivity contribution >= 4 is 30.2 Å². The number of thiol groups is 1. The van der Waals surface area contributed by atoms with Gasteiger partial charge in [0, 0.05) is 11.5 Å². The van der Waals surface area contributed by atoms with Crippen molar-refractivity contribution in [2.45, 2.75) is 23.8 Å². The first-order chi connectivity index (χ1) is 8.16. The number of carbonyl (C=O) groups is 1. The molecule has 1 atom stereocenters. The summed E-state index contributed by atoms with van der Waals surface area (Å²) >= 11 is 10.1. The van der Waals surface area contributed by atoms with Crippen molar-refractivity contribution in [2.24, 2.45) is 0 Å². The summed E-state index contributed by atoms with van der Waals surface area (Å²) in [6, 6.07) is 4.96. The molecule has 1 aromatic rings. The molecule has 92 valence electrons. The van der Waals surface area contributed by atoms with Crippen LogP contribution in [0.25, 0.3) is 0 Å². The summed E-state index contributed by atoms with van der Waals surface area (Å²) in [5.41, 5.74) is 0.345. The van der Waals surface area contributed by atoms with Crippen molar-refractivity contribution in [1.29, 1.82) is 0 Å². The van der Waals surface area contributed by atoms with Crippen LogP contribution in [0.3, 0.4) is 0 Å². The molecular weight excluding hydrogens is 260 g/mol. The van der Waals surface area contributed by atoms with E-state index in [1.54, 1.807) is 18.2 Å². The molecule has 1 aliphatic heterocycles. The van der Waals surface area contributed by atoms with Crippen LogP contribution in [0.1, 0.15) is 23.2 Å². The molecule has 1 saturated heterocycles. The van der Waals surface area contributed by atoms with Gasteiger partial charge in [0.25, 0.3) is 0 Å². The summed E-state index contributed by atoms with van der Waals surface area (Å²) < 4.78 is 10.5. The normalized spacial score (nSPS) is 19.3. The average molecular weight is 273 g/mol. The summed E-state index contributed by atoms with van der Waals surface area (Å²) in [5.74, 6) is -0.429. The first kappa shape index (κ1) is 12.7. The summed E-state index contributed by atoms with van der Waals surface area (Å²) in [6.07, 6.45) is 1.99. The van der Waals surface area contributed by atoms with Crippen molar-refractivity contribution in [3.05, 3.63) is 28.8 Å². The van der Waals surface area contributed by atoms with E-state index in [9.17, 15) is 4.79 Å². The summed E-state index contributed by atoms with van der Waals surface area (Å²) in [7, 11) is 0. The molecule has 0 amide bonds. The van der Waals surface area contributed by atoms with Gasteiger partial charge in [-0.1, -0.05) is 11.6 Å². The van der Waals surface area contributed by atoms with Gasteiger partial charge in [0.1, 0.15) is 6.61 Å². The van der Waals surface area contributed by atoms with Gasteiger partial charge in [0.15, 0.2) is 0 Å². The summed E-state index contributed by atoms with van der Waals surface area (Å²) in [5, 5.41) is 0.375. The Kier molecular flexibility index (Phi) is 4.31. The molecule has 1 aliphatic rings. The second-order valence-electron chi connectivity index (χ2n) is 3.90. The minimum absolute atomic E-state index is 0.0249. The monoisotopic (exact) mass is 272 g/mol. The molecule has 2 rings (SSSR count). The second-order valence-corrected chi connectivity index (χ2v) is 4.82. The van der Waals surface area contributed by atoms with Crippen LogP contribution in [0.2, 0.25) is 5.02 Å². The van der Waals surface area contributed by atoms with Crippen molar-refractivity contribution in [3.63, 3.8) is 0 Å². The largest absolute Gasteiger partial charge is 0.459 e. The van der Waals surface area contributed by atoms with Crippen LogP contribution in [0.15, 0.2) is 23.1 Å². The van der Waals surface area contributed by atoms with Gasteiger partial charge in [-0.2, -0.15) is 0 Å². The number of rotatable bonds is 3. The third-order valence-corrected chi connectivity index (χ3v) is 3.20. The Morgan fingerprint density at radius 2 is 2.41 bits per heavy atom. The first-order valence-corrected chi connectivity index (χ1v) is 6.26. The Morgan fingerprint density at radius 3 is 3.12 bits per heavy atom.